The Balaban J connectivity index is 1.82. The van der Waals surface area contributed by atoms with Crippen molar-refractivity contribution in [2.75, 3.05) is 39.0 Å². The highest BCUT2D eigenvalue weighted by Gasteiger charge is 2.40. The van der Waals surface area contributed by atoms with Crippen LogP contribution in [0, 0.1) is 0 Å². The second-order valence-electron chi connectivity index (χ2n) is 7.55. The molecule has 1 heterocycles. The van der Waals surface area contributed by atoms with Gasteiger partial charge < -0.3 is 15.0 Å². The Morgan fingerprint density at radius 1 is 1.31 bits per heavy atom. The minimum atomic E-state index is -3.06. The third-order valence-corrected chi connectivity index (χ3v) is 7.29. The first-order valence-corrected chi connectivity index (χ1v) is 10.7. The van der Waals surface area contributed by atoms with E-state index >= 15 is 0 Å². The highest BCUT2D eigenvalue weighted by atomic mass is 32.2. The Morgan fingerprint density at radius 3 is 2.50 bits per heavy atom. The maximum Gasteiger partial charge on any atom is 0.193 e. The third-order valence-electron chi connectivity index (χ3n) is 4.76. The molecule has 0 saturated carbocycles. The predicted octanol–water partition coefficient (Wildman–Crippen LogP) is 2.27. The van der Waals surface area contributed by atoms with Crippen molar-refractivity contribution in [2.45, 2.75) is 38.4 Å². The van der Waals surface area contributed by atoms with Crippen molar-refractivity contribution in [3.8, 4) is 5.75 Å². The summed E-state index contributed by atoms with van der Waals surface area (Å²) in [4.78, 5) is 6.28. The van der Waals surface area contributed by atoms with E-state index in [1.807, 2.05) is 17.0 Å². The number of benzene rings is 1. The molecule has 1 aromatic carbocycles. The van der Waals surface area contributed by atoms with Gasteiger partial charge in [0, 0.05) is 20.1 Å². The fourth-order valence-corrected chi connectivity index (χ4v) is 4.30. The lowest BCUT2D eigenvalue weighted by atomic mass is 10.0. The summed E-state index contributed by atoms with van der Waals surface area (Å²) in [5.74, 6) is 2.22. The summed E-state index contributed by atoms with van der Waals surface area (Å²) in [6, 6.07) is 8.15. The van der Waals surface area contributed by atoms with Gasteiger partial charge in [0.05, 0.1) is 17.0 Å². The van der Waals surface area contributed by atoms with Crippen LogP contribution < -0.4 is 10.1 Å². The summed E-state index contributed by atoms with van der Waals surface area (Å²) in [5, 5.41) is 3.26. The second kappa shape index (κ2) is 8.29. The van der Waals surface area contributed by atoms with Crippen LogP contribution in [0.1, 0.15) is 39.2 Å². The van der Waals surface area contributed by atoms with Gasteiger partial charge in [0.2, 0.25) is 0 Å². The number of nitrogens with zero attached hydrogens (tertiary/aromatic N) is 2. The number of rotatable bonds is 5. The Labute approximate surface area is 157 Å². The second-order valence-corrected chi connectivity index (χ2v) is 10.3. The van der Waals surface area contributed by atoms with E-state index in [2.05, 4.69) is 36.3 Å². The van der Waals surface area contributed by atoms with Crippen molar-refractivity contribution in [3.05, 3.63) is 29.8 Å². The average Bonchev–Trinajstić information content (AvgIpc) is 2.58. The highest BCUT2D eigenvalue weighted by Crippen LogP contribution is 2.23. The zero-order valence-corrected chi connectivity index (χ0v) is 17.3. The molecule has 2 rings (SSSR count). The van der Waals surface area contributed by atoms with E-state index in [1.165, 1.54) is 5.56 Å². The lowest BCUT2D eigenvalue weighted by Gasteiger charge is -2.39. The Bertz CT molecular complexity index is 725. The van der Waals surface area contributed by atoms with Crippen molar-refractivity contribution in [1.82, 2.24) is 10.2 Å². The van der Waals surface area contributed by atoms with Gasteiger partial charge in [-0.15, -0.1) is 0 Å². The van der Waals surface area contributed by atoms with Gasteiger partial charge in [-0.2, -0.15) is 0 Å². The van der Waals surface area contributed by atoms with Crippen LogP contribution in [0.2, 0.25) is 0 Å². The monoisotopic (exact) mass is 381 g/mol. The maximum atomic E-state index is 12.1. The summed E-state index contributed by atoms with van der Waals surface area (Å²) in [7, 11) is -1.34. The zero-order chi connectivity index (χ0) is 19.4. The number of hydrogen-bond donors (Lipinski definition) is 1. The quantitative estimate of drug-likeness (QED) is 0.481. The molecular weight excluding hydrogens is 350 g/mol. The first-order valence-electron chi connectivity index (χ1n) is 9.07. The molecular formula is C19H31N3O3S. The number of guanidine groups is 1. The van der Waals surface area contributed by atoms with E-state index in [4.69, 9.17) is 4.74 Å². The van der Waals surface area contributed by atoms with Crippen LogP contribution in [0.15, 0.2) is 29.3 Å². The summed E-state index contributed by atoms with van der Waals surface area (Å²) in [5.41, 5.74) is 1.29. The first-order chi connectivity index (χ1) is 12.2. The molecule has 0 spiro atoms. The summed E-state index contributed by atoms with van der Waals surface area (Å²) < 4.78 is 29.3. The van der Waals surface area contributed by atoms with Crippen molar-refractivity contribution in [2.24, 2.45) is 4.99 Å². The molecule has 0 aliphatic carbocycles. The first kappa shape index (κ1) is 20.6. The van der Waals surface area contributed by atoms with E-state index in [0.29, 0.717) is 38.1 Å². The van der Waals surface area contributed by atoms with E-state index in [1.54, 1.807) is 20.9 Å². The molecule has 1 saturated heterocycles. The maximum absolute atomic E-state index is 12.1. The number of aliphatic imine (C=N–C) groups is 1. The van der Waals surface area contributed by atoms with Crippen molar-refractivity contribution in [1.29, 1.82) is 0 Å². The molecule has 0 bridgehead atoms. The molecule has 0 amide bonds. The summed E-state index contributed by atoms with van der Waals surface area (Å²) >= 11 is 0. The summed E-state index contributed by atoms with van der Waals surface area (Å²) in [6.45, 7) is 9.88. The molecule has 0 atom stereocenters. The molecule has 1 fully saturated rings. The van der Waals surface area contributed by atoms with E-state index in [0.717, 1.165) is 5.75 Å². The van der Waals surface area contributed by atoms with Crippen LogP contribution in [-0.2, 0) is 9.84 Å². The fraction of sp³-hybridized carbons (Fsp3) is 0.632. The van der Waals surface area contributed by atoms with Gasteiger partial charge in [0.25, 0.3) is 0 Å². The lowest BCUT2D eigenvalue weighted by Crippen LogP contribution is -2.57. The average molecular weight is 382 g/mol. The van der Waals surface area contributed by atoms with Crippen LogP contribution in [0.4, 0.5) is 0 Å². The van der Waals surface area contributed by atoms with Gasteiger partial charge in [0.15, 0.2) is 15.8 Å². The number of hydrogen-bond acceptors (Lipinski definition) is 4. The number of nitrogens with one attached hydrogen (secondary N) is 1. The number of sulfone groups is 1. The molecule has 0 radical (unpaired) electrons. The molecule has 7 heteroatoms. The van der Waals surface area contributed by atoms with Crippen LogP contribution in [-0.4, -0.2) is 63.1 Å². The van der Waals surface area contributed by atoms with E-state index < -0.39 is 14.6 Å². The minimum absolute atomic E-state index is 0.152. The van der Waals surface area contributed by atoms with Gasteiger partial charge in [0.1, 0.15) is 12.4 Å². The van der Waals surface area contributed by atoms with Crippen molar-refractivity contribution in [3.63, 3.8) is 0 Å². The van der Waals surface area contributed by atoms with Gasteiger partial charge in [-0.3, -0.25) is 4.99 Å². The van der Waals surface area contributed by atoms with Crippen molar-refractivity contribution >= 4 is 15.8 Å². The largest absolute Gasteiger partial charge is 0.492 e. The molecule has 6 nitrogen and oxygen atoms in total. The zero-order valence-electron chi connectivity index (χ0n) is 16.4. The molecule has 146 valence electrons. The molecule has 1 aliphatic heterocycles. The van der Waals surface area contributed by atoms with Gasteiger partial charge in [-0.1, -0.05) is 26.0 Å². The summed E-state index contributed by atoms with van der Waals surface area (Å²) in [6.07, 6.45) is 0. The lowest BCUT2D eigenvalue weighted by molar-refractivity contribution is 0.313. The van der Waals surface area contributed by atoms with E-state index in [9.17, 15) is 8.42 Å². The fourth-order valence-electron chi connectivity index (χ4n) is 2.94. The smallest absolute Gasteiger partial charge is 0.193 e. The molecule has 1 aliphatic rings. The Morgan fingerprint density at radius 2 is 1.96 bits per heavy atom. The van der Waals surface area contributed by atoms with Crippen LogP contribution >= 0.6 is 0 Å². The predicted molar refractivity (Wildman–Crippen MR) is 107 cm³/mol. The Hall–Kier alpha value is -1.76. The van der Waals surface area contributed by atoms with Gasteiger partial charge >= 0.3 is 0 Å². The number of ether oxygens (including phenoxy) is 1. The SMILES string of the molecule is CN=C(NCCOc1ccc(C(C)C)cc1)N1CCS(=O)(=O)C(C)(C)C1. The minimum Gasteiger partial charge on any atom is -0.492 e. The highest BCUT2D eigenvalue weighted by molar-refractivity contribution is 7.92. The van der Waals surface area contributed by atoms with Gasteiger partial charge in [-0.25, -0.2) is 8.42 Å². The van der Waals surface area contributed by atoms with Crippen molar-refractivity contribution < 1.29 is 13.2 Å². The molecule has 0 aromatic heterocycles. The molecule has 1 aromatic rings. The van der Waals surface area contributed by atoms with E-state index in [-0.39, 0.29) is 5.75 Å². The Kier molecular flexibility index (Phi) is 6.55. The van der Waals surface area contributed by atoms with Crippen LogP contribution in [0.3, 0.4) is 0 Å². The molecule has 26 heavy (non-hydrogen) atoms. The molecule has 0 unspecified atom stereocenters. The molecule has 1 N–H and O–H groups in total. The topological polar surface area (TPSA) is 71.0 Å². The third kappa shape index (κ3) is 4.90. The standard InChI is InChI=1S/C19H31N3O3S/c1-15(2)16-6-8-17(9-7-16)25-12-10-21-18(20-5)22-11-13-26(23,24)19(3,4)14-22/h6-9,15H,10-14H2,1-5H3,(H,20,21). The van der Waals surface area contributed by atoms with Crippen LogP contribution in [0.5, 0.6) is 5.75 Å². The normalized spacial score (nSPS) is 19.5. The van der Waals surface area contributed by atoms with Gasteiger partial charge in [-0.05, 0) is 37.5 Å². The van der Waals surface area contributed by atoms with Crippen LogP contribution in [0.25, 0.3) is 0 Å².